The Morgan fingerprint density at radius 3 is 2.07 bits per heavy atom. The SMILES string of the molecule is CC.O=C(O)CS(=O)(=O)c1ccccc1. The van der Waals surface area contributed by atoms with Gasteiger partial charge >= 0.3 is 5.97 Å². The molecule has 0 aliphatic heterocycles. The Balaban J connectivity index is 0.000000921. The summed E-state index contributed by atoms with van der Waals surface area (Å²) in [5.74, 6) is -2.21. The predicted octanol–water partition coefficient (Wildman–Crippen LogP) is 1.57. The van der Waals surface area contributed by atoms with Crippen molar-refractivity contribution >= 4 is 15.8 Å². The van der Waals surface area contributed by atoms with E-state index < -0.39 is 21.6 Å². The van der Waals surface area contributed by atoms with Crippen LogP contribution in [0.1, 0.15) is 13.8 Å². The number of benzene rings is 1. The van der Waals surface area contributed by atoms with Crippen molar-refractivity contribution < 1.29 is 18.3 Å². The predicted molar refractivity (Wildman–Crippen MR) is 57.5 cm³/mol. The minimum Gasteiger partial charge on any atom is -0.480 e. The van der Waals surface area contributed by atoms with Gasteiger partial charge in [0.05, 0.1) is 4.90 Å². The average Bonchev–Trinajstić information content (AvgIpc) is 2.20. The minimum atomic E-state index is -3.66. The van der Waals surface area contributed by atoms with Gasteiger partial charge in [0.2, 0.25) is 0 Å². The van der Waals surface area contributed by atoms with Crippen molar-refractivity contribution in [2.75, 3.05) is 5.75 Å². The molecule has 1 aromatic rings. The number of carboxylic acid groups (broad SMARTS) is 1. The van der Waals surface area contributed by atoms with Crippen LogP contribution in [0.15, 0.2) is 35.2 Å². The van der Waals surface area contributed by atoms with Crippen LogP contribution in [0.4, 0.5) is 0 Å². The number of aliphatic carboxylic acids is 1. The maximum atomic E-state index is 11.3. The van der Waals surface area contributed by atoms with Crippen LogP contribution in [0.3, 0.4) is 0 Å². The lowest BCUT2D eigenvalue weighted by Gasteiger charge is -1.99. The maximum absolute atomic E-state index is 11.3. The average molecular weight is 230 g/mol. The summed E-state index contributed by atoms with van der Waals surface area (Å²) in [6, 6.07) is 7.51. The zero-order valence-electron chi connectivity index (χ0n) is 8.67. The van der Waals surface area contributed by atoms with Crippen LogP contribution in [-0.2, 0) is 14.6 Å². The highest BCUT2D eigenvalue weighted by molar-refractivity contribution is 7.92. The largest absolute Gasteiger partial charge is 0.480 e. The second-order valence-electron chi connectivity index (χ2n) is 2.47. The summed E-state index contributed by atoms with van der Waals surface area (Å²) in [6.45, 7) is 4.00. The molecule has 0 saturated carbocycles. The second-order valence-corrected chi connectivity index (χ2v) is 4.46. The molecule has 5 heteroatoms. The van der Waals surface area contributed by atoms with Gasteiger partial charge in [-0.05, 0) is 12.1 Å². The summed E-state index contributed by atoms with van der Waals surface area (Å²) >= 11 is 0. The summed E-state index contributed by atoms with van der Waals surface area (Å²) in [5.41, 5.74) is 0. The zero-order chi connectivity index (χ0) is 11.9. The Morgan fingerprint density at radius 2 is 1.67 bits per heavy atom. The lowest BCUT2D eigenvalue weighted by molar-refractivity contribution is -0.134. The molecule has 15 heavy (non-hydrogen) atoms. The third-order valence-electron chi connectivity index (χ3n) is 1.42. The molecule has 0 aromatic heterocycles. The highest BCUT2D eigenvalue weighted by Crippen LogP contribution is 2.09. The van der Waals surface area contributed by atoms with E-state index in [4.69, 9.17) is 5.11 Å². The first-order valence-corrected chi connectivity index (χ1v) is 6.17. The van der Waals surface area contributed by atoms with E-state index in [2.05, 4.69) is 0 Å². The fourth-order valence-electron chi connectivity index (χ4n) is 0.874. The molecule has 0 saturated heterocycles. The van der Waals surface area contributed by atoms with Crippen molar-refractivity contribution in [1.29, 1.82) is 0 Å². The molecule has 1 N–H and O–H groups in total. The van der Waals surface area contributed by atoms with Gasteiger partial charge in [-0.15, -0.1) is 0 Å². The molecule has 0 spiro atoms. The molecule has 0 aliphatic carbocycles. The lowest BCUT2D eigenvalue weighted by Crippen LogP contribution is -2.15. The first-order chi connectivity index (χ1) is 7.02. The molecule has 0 aliphatic rings. The smallest absolute Gasteiger partial charge is 0.319 e. The van der Waals surface area contributed by atoms with Crippen LogP contribution in [0.2, 0.25) is 0 Å². The maximum Gasteiger partial charge on any atom is 0.319 e. The highest BCUT2D eigenvalue weighted by atomic mass is 32.2. The lowest BCUT2D eigenvalue weighted by atomic mass is 10.4. The standard InChI is InChI=1S/C8H8O4S.C2H6/c9-8(10)6-13(11,12)7-4-2-1-3-5-7;1-2/h1-5H,6H2,(H,9,10);1-2H3. The van der Waals surface area contributed by atoms with Crippen molar-refractivity contribution in [2.45, 2.75) is 18.7 Å². The van der Waals surface area contributed by atoms with Crippen LogP contribution in [-0.4, -0.2) is 25.2 Å². The number of sulfone groups is 1. The van der Waals surface area contributed by atoms with Crippen molar-refractivity contribution in [3.63, 3.8) is 0 Å². The first kappa shape index (κ1) is 13.6. The van der Waals surface area contributed by atoms with E-state index in [0.717, 1.165) is 0 Å². The van der Waals surface area contributed by atoms with E-state index in [1.807, 2.05) is 13.8 Å². The monoisotopic (exact) mass is 230 g/mol. The van der Waals surface area contributed by atoms with Crippen LogP contribution >= 0.6 is 0 Å². The normalized spacial score (nSPS) is 10.0. The topological polar surface area (TPSA) is 71.4 Å². The third-order valence-corrected chi connectivity index (χ3v) is 3.03. The van der Waals surface area contributed by atoms with E-state index in [1.54, 1.807) is 18.2 Å². The number of carboxylic acids is 1. The number of rotatable bonds is 3. The fourth-order valence-corrected chi connectivity index (χ4v) is 1.94. The summed E-state index contributed by atoms with van der Waals surface area (Å²) in [6.07, 6.45) is 0. The quantitative estimate of drug-likeness (QED) is 0.855. The zero-order valence-corrected chi connectivity index (χ0v) is 9.49. The molecule has 0 radical (unpaired) electrons. The van der Waals surface area contributed by atoms with Gasteiger partial charge in [0, 0.05) is 0 Å². The first-order valence-electron chi connectivity index (χ1n) is 4.52. The Bertz CT molecular complexity index is 395. The van der Waals surface area contributed by atoms with E-state index >= 15 is 0 Å². The Morgan fingerprint density at radius 1 is 1.20 bits per heavy atom. The third kappa shape index (κ3) is 4.60. The molecule has 0 unspecified atom stereocenters. The number of hydrogen-bond donors (Lipinski definition) is 1. The van der Waals surface area contributed by atoms with E-state index in [-0.39, 0.29) is 4.90 Å². The molecule has 0 bridgehead atoms. The molecule has 0 heterocycles. The van der Waals surface area contributed by atoms with Crippen molar-refractivity contribution in [3.05, 3.63) is 30.3 Å². The Hall–Kier alpha value is -1.36. The highest BCUT2D eigenvalue weighted by Gasteiger charge is 2.17. The van der Waals surface area contributed by atoms with Crippen LogP contribution in [0.25, 0.3) is 0 Å². The van der Waals surface area contributed by atoms with E-state index in [9.17, 15) is 13.2 Å². The molecule has 0 amide bonds. The van der Waals surface area contributed by atoms with Gasteiger partial charge in [0.25, 0.3) is 0 Å². The van der Waals surface area contributed by atoms with Crippen LogP contribution in [0, 0.1) is 0 Å². The molecule has 84 valence electrons. The van der Waals surface area contributed by atoms with Crippen LogP contribution < -0.4 is 0 Å². The van der Waals surface area contributed by atoms with E-state index in [1.165, 1.54) is 12.1 Å². The molecular weight excluding hydrogens is 216 g/mol. The minimum absolute atomic E-state index is 0.0393. The summed E-state index contributed by atoms with van der Waals surface area (Å²) < 4.78 is 22.5. The van der Waals surface area contributed by atoms with Gasteiger partial charge < -0.3 is 5.11 Å². The molecular formula is C10H14O4S. The van der Waals surface area contributed by atoms with Gasteiger partial charge in [-0.3, -0.25) is 4.79 Å². The summed E-state index contributed by atoms with van der Waals surface area (Å²) in [4.78, 5) is 10.2. The van der Waals surface area contributed by atoms with Crippen molar-refractivity contribution in [2.24, 2.45) is 0 Å². The van der Waals surface area contributed by atoms with Crippen molar-refractivity contribution in [1.82, 2.24) is 0 Å². The Labute approximate surface area is 89.5 Å². The van der Waals surface area contributed by atoms with Crippen LogP contribution in [0.5, 0.6) is 0 Å². The Kier molecular flexibility index (Phi) is 5.62. The summed E-state index contributed by atoms with van der Waals surface area (Å²) in [7, 11) is -3.66. The number of hydrogen-bond acceptors (Lipinski definition) is 3. The van der Waals surface area contributed by atoms with Gasteiger partial charge in [-0.25, -0.2) is 8.42 Å². The molecule has 1 rings (SSSR count). The van der Waals surface area contributed by atoms with Gasteiger partial charge in [0.15, 0.2) is 15.6 Å². The molecule has 4 nitrogen and oxygen atoms in total. The number of carbonyl (C=O) groups is 1. The molecule has 1 aromatic carbocycles. The second kappa shape index (κ2) is 6.19. The van der Waals surface area contributed by atoms with Gasteiger partial charge in [-0.1, -0.05) is 32.0 Å². The molecule has 0 fully saturated rings. The van der Waals surface area contributed by atoms with Crippen molar-refractivity contribution in [3.8, 4) is 0 Å². The fraction of sp³-hybridized carbons (Fsp3) is 0.300. The van der Waals surface area contributed by atoms with Gasteiger partial charge in [0.1, 0.15) is 0 Å². The van der Waals surface area contributed by atoms with E-state index in [0.29, 0.717) is 0 Å². The summed E-state index contributed by atoms with van der Waals surface area (Å²) in [5, 5.41) is 8.33. The van der Waals surface area contributed by atoms with Gasteiger partial charge in [-0.2, -0.15) is 0 Å². The molecule has 0 atom stereocenters.